The van der Waals surface area contributed by atoms with Crippen LogP contribution in [0.1, 0.15) is 20.3 Å². The molecule has 1 rings (SSSR count). The van der Waals surface area contributed by atoms with Gasteiger partial charge < -0.3 is 15.5 Å². The molecule has 0 radical (unpaired) electrons. The lowest BCUT2D eigenvalue weighted by atomic mass is 10.2. The van der Waals surface area contributed by atoms with E-state index in [-0.39, 0.29) is 24.0 Å². The summed E-state index contributed by atoms with van der Waals surface area (Å²) >= 11 is 0. The molecule has 0 saturated carbocycles. The van der Waals surface area contributed by atoms with E-state index >= 15 is 0 Å². The van der Waals surface area contributed by atoms with Crippen molar-refractivity contribution in [1.29, 1.82) is 0 Å². The van der Waals surface area contributed by atoms with Crippen LogP contribution in [0.5, 0.6) is 0 Å². The molecule has 3 amide bonds. The molecule has 0 bridgehead atoms. The monoisotopic (exact) mass is 199 g/mol. The van der Waals surface area contributed by atoms with Gasteiger partial charge in [-0.1, -0.05) is 0 Å². The molecular formula is C9H17N3O2. The first-order valence-corrected chi connectivity index (χ1v) is 4.80. The van der Waals surface area contributed by atoms with Crippen LogP contribution in [-0.2, 0) is 4.79 Å². The van der Waals surface area contributed by atoms with Crippen LogP contribution in [0.2, 0.25) is 0 Å². The fraction of sp³-hybridized carbons (Fsp3) is 0.778. The summed E-state index contributed by atoms with van der Waals surface area (Å²) in [6.07, 6.45) is 0.405. The van der Waals surface area contributed by atoms with Crippen molar-refractivity contribution < 1.29 is 9.59 Å². The predicted octanol–water partition coefficient (Wildman–Crippen LogP) is -0.0753. The van der Waals surface area contributed by atoms with Crippen LogP contribution < -0.4 is 10.6 Å². The second kappa shape index (κ2) is 4.30. The van der Waals surface area contributed by atoms with Crippen molar-refractivity contribution in [3.63, 3.8) is 0 Å². The third kappa shape index (κ3) is 2.90. The molecule has 0 aromatic carbocycles. The van der Waals surface area contributed by atoms with E-state index in [1.54, 1.807) is 11.9 Å². The zero-order chi connectivity index (χ0) is 10.7. The number of carbonyl (C=O) groups is 2. The maximum atomic E-state index is 11.3. The van der Waals surface area contributed by atoms with Gasteiger partial charge in [-0.2, -0.15) is 0 Å². The van der Waals surface area contributed by atoms with E-state index in [2.05, 4.69) is 10.6 Å². The molecule has 1 heterocycles. The van der Waals surface area contributed by atoms with E-state index in [1.807, 2.05) is 13.8 Å². The summed E-state index contributed by atoms with van der Waals surface area (Å²) in [6.45, 7) is 4.39. The Kier molecular flexibility index (Phi) is 3.33. The number of hydrogen-bond donors (Lipinski definition) is 2. The van der Waals surface area contributed by atoms with E-state index in [0.29, 0.717) is 13.0 Å². The van der Waals surface area contributed by atoms with Gasteiger partial charge in [0.05, 0.1) is 6.04 Å². The van der Waals surface area contributed by atoms with Crippen molar-refractivity contribution in [2.75, 3.05) is 13.6 Å². The van der Waals surface area contributed by atoms with Gasteiger partial charge in [0, 0.05) is 26.1 Å². The van der Waals surface area contributed by atoms with Crippen molar-refractivity contribution in [1.82, 2.24) is 15.5 Å². The highest BCUT2D eigenvalue weighted by molar-refractivity contribution is 5.81. The minimum atomic E-state index is -0.201. The van der Waals surface area contributed by atoms with Gasteiger partial charge in [0.25, 0.3) is 0 Å². The van der Waals surface area contributed by atoms with Crippen molar-refractivity contribution in [3.8, 4) is 0 Å². The number of likely N-dealkylation sites (N-methyl/N-ethyl adjacent to an activating group) is 1. The number of urea groups is 1. The van der Waals surface area contributed by atoms with Crippen LogP contribution in [-0.4, -0.2) is 42.5 Å². The number of nitrogens with one attached hydrogen (secondary N) is 2. The first-order valence-electron chi connectivity index (χ1n) is 4.80. The molecule has 80 valence electrons. The van der Waals surface area contributed by atoms with Gasteiger partial charge >= 0.3 is 6.03 Å². The molecule has 0 spiro atoms. The lowest BCUT2D eigenvalue weighted by Gasteiger charge is -2.14. The zero-order valence-corrected chi connectivity index (χ0v) is 8.83. The van der Waals surface area contributed by atoms with Gasteiger partial charge in [-0.05, 0) is 13.8 Å². The Morgan fingerprint density at radius 1 is 1.57 bits per heavy atom. The van der Waals surface area contributed by atoms with Gasteiger partial charge in [0.2, 0.25) is 5.91 Å². The standard InChI is InChI=1S/C9H17N3O2/c1-6(2)10-9(14)11-7-4-8(13)12(3)5-7/h6-7H,4-5H2,1-3H3,(H2,10,11,14)/t7-/m0/s1. The number of nitrogens with zero attached hydrogens (tertiary/aromatic N) is 1. The SMILES string of the molecule is CC(C)NC(=O)N[C@H]1CC(=O)N(C)C1. The van der Waals surface area contributed by atoms with E-state index in [4.69, 9.17) is 0 Å². The molecule has 1 saturated heterocycles. The van der Waals surface area contributed by atoms with Gasteiger partial charge in [-0.3, -0.25) is 4.79 Å². The molecular weight excluding hydrogens is 182 g/mol. The molecule has 5 nitrogen and oxygen atoms in total. The summed E-state index contributed by atoms with van der Waals surface area (Å²) in [4.78, 5) is 24.0. The molecule has 0 aromatic heterocycles. The fourth-order valence-electron chi connectivity index (χ4n) is 1.45. The number of rotatable bonds is 2. The van der Waals surface area contributed by atoms with E-state index in [9.17, 15) is 9.59 Å². The molecule has 5 heteroatoms. The highest BCUT2D eigenvalue weighted by Crippen LogP contribution is 2.07. The molecule has 0 aliphatic carbocycles. The van der Waals surface area contributed by atoms with Crippen LogP contribution in [0.15, 0.2) is 0 Å². The molecule has 0 aromatic rings. The van der Waals surface area contributed by atoms with Crippen LogP contribution >= 0.6 is 0 Å². The third-order valence-corrected chi connectivity index (χ3v) is 2.10. The van der Waals surface area contributed by atoms with Gasteiger partial charge in [0.1, 0.15) is 0 Å². The Labute approximate surface area is 83.8 Å². The first-order chi connectivity index (χ1) is 6.49. The Morgan fingerprint density at radius 2 is 2.21 bits per heavy atom. The minimum absolute atomic E-state index is 0.0498. The maximum absolute atomic E-state index is 11.3. The average molecular weight is 199 g/mol. The van der Waals surface area contributed by atoms with Gasteiger partial charge in [0.15, 0.2) is 0 Å². The van der Waals surface area contributed by atoms with Crippen molar-refractivity contribution >= 4 is 11.9 Å². The fourth-order valence-corrected chi connectivity index (χ4v) is 1.45. The molecule has 0 unspecified atom stereocenters. The summed E-state index contributed by atoms with van der Waals surface area (Å²) in [5.41, 5.74) is 0. The highest BCUT2D eigenvalue weighted by Gasteiger charge is 2.27. The van der Waals surface area contributed by atoms with E-state index in [1.165, 1.54) is 0 Å². The highest BCUT2D eigenvalue weighted by atomic mass is 16.2. The largest absolute Gasteiger partial charge is 0.344 e. The molecule has 2 N–H and O–H groups in total. The predicted molar refractivity (Wildman–Crippen MR) is 52.8 cm³/mol. The smallest absolute Gasteiger partial charge is 0.315 e. The second-order valence-electron chi connectivity index (χ2n) is 3.95. The molecule has 1 atom stereocenters. The minimum Gasteiger partial charge on any atom is -0.344 e. The number of hydrogen-bond acceptors (Lipinski definition) is 2. The Bertz CT molecular complexity index is 240. The van der Waals surface area contributed by atoms with Crippen molar-refractivity contribution in [2.24, 2.45) is 0 Å². The lowest BCUT2D eigenvalue weighted by Crippen LogP contribution is -2.45. The molecule has 1 fully saturated rings. The maximum Gasteiger partial charge on any atom is 0.315 e. The molecule has 14 heavy (non-hydrogen) atoms. The average Bonchev–Trinajstić information content (AvgIpc) is 2.28. The summed E-state index contributed by atoms with van der Waals surface area (Å²) in [5.74, 6) is 0.0832. The topological polar surface area (TPSA) is 61.4 Å². The Morgan fingerprint density at radius 3 is 2.64 bits per heavy atom. The van der Waals surface area contributed by atoms with Gasteiger partial charge in [-0.25, -0.2) is 4.79 Å². The second-order valence-corrected chi connectivity index (χ2v) is 3.95. The van der Waals surface area contributed by atoms with Crippen molar-refractivity contribution in [2.45, 2.75) is 32.4 Å². The number of amides is 3. The zero-order valence-electron chi connectivity index (χ0n) is 8.83. The van der Waals surface area contributed by atoms with E-state index < -0.39 is 0 Å². The van der Waals surface area contributed by atoms with Crippen LogP contribution in [0, 0.1) is 0 Å². The van der Waals surface area contributed by atoms with E-state index in [0.717, 1.165) is 0 Å². The normalized spacial score (nSPS) is 21.6. The summed E-state index contributed by atoms with van der Waals surface area (Å²) in [6, 6.07) is -0.135. The number of likely N-dealkylation sites (tertiary alicyclic amines) is 1. The quantitative estimate of drug-likeness (QED) is 0.653. The lowest BCUT2D eigenvalue weighted by molar-refractivity contribution is -0.126. The van der Waals surface area contributed by atoms with Crippen molar-refractivity contribution in [3.05, 3.63) is 0 Å². The summed E-state index contributed by atoms with van der Waals surface area (Å²) < 4.78 is 0. The molecule has 1 aliphatic heterocycles. The van der Waals surface area contributed by atoms with Crippen LogP contribution in [0.4, 0.5) is 4.79 Å². The number of carbonyl (C=O) groups excluding carboxylic acids is 2. The molecule has 1 aliphatic rings. The van der Waals surface area contributed by atoms with Crippen LogP contribution in [0.3, 0.4) is 0 Å². The Hall–Kier alpha value is -1.26. The summed E-state index contributed by atoms with van der Waals surface area (Å²) in [7, 11) is 1.74. The Balaban J connectivity index is 2.32. The van der Waals surface area contributed by atoms with Crippen LogP contribution in [0.25, 0.3) is 0 Å². The van der Waals surface area contributed by atoms with Gasteiger partial charge in [-0.15, -0.1) is 0 Å². The third-order valence-electron chi connectivity index (χ3n) is 2.10. The first kappa shape index (κ1) is 10.8. The summed E-state index contributed by atoms with van der Waals surface area (Å²) in [5, 5.41) is 5.48.